The second-order valence-corrected chi connectivity index (χ2v) is 7.73. The number of likely N-dealkylation sites (tertiary alicyclic amines) is 1. The minimum Gasteiger partial charge on any atom is -0.339 e. The number of hydrogen-bond acceptors (Lipinski definition) is 5. The Morgan fingerprint density at radius 2 is 2.07 bits per heavy atom. The van der Waals surface area contributed by atoms with Crippen LogP contribution in [0.3, 0.4) is 0 Å². The lowest BCUT2D eigenvalue weighted by Gasteiger charge is -2.27. The fraction of sp³-hybridized carbons (Fsp3) is 0.286. The zero-order valence-electron chi connectivity index (χ0n) is 15.5. The van der Waals surface area contributed by atoms with Crippen LogP contribution in [-0.2, 0) is 16.1 Å². The van der Waals surface area contributed by atoms with Crippen LogP contribution in [0, 0.1) is 0 Å². The molecule has 0 aliphatic carbocycles. The molecule has 0 atom stereocenters. The molecule has 2 aromatic heterocycles. The Kier molecular flexibility index (Phi) is 5.64. The molecule has 4 rings (SSSR count). The molecule has 2 N–H and O–H groups in total. The van der Waals surface area contributed by atoms with Crippen LogP contribution in [0.5, 0.6) is 0 Å². The smallest absolute Gasteiger partial charge is 0.246 e. The zero-order chi connectivity index (χ0) is 19.3. The van der Waals surface area contributed by atoms with E-state index in [0.717, 1.165) is 37.1 Å². The molecule has 0 unspecified atom stereocenters. The van der Waals surface area contributed by atoms with E-state index in [1.807, 2.05) is 11.0 Å². The SMILES string of the molecule is O=C1CNCc2cc(C=CC(=O)N3CCC(=Cc4ccsc4)CC3)cnc2N1. The van der Waals surface area contributed by atoms with Crippen molar-refractivity contribution >= 4 is 41.1 Å². The van der Waals surface area contributed by atoms with Crippen molar-refractivity contribution in [1.82, 2.24) is 15.2 Å². The third-order valence-corrected chi connectivity index (χ3v) is 5.60. The number of anilines is 1. The van der Waals surface area contributed by atoms with E-state index in [1.165, 1.54) is 11.1 Å². The molecule has 0 saturated carbocycles. The first-order valence-corrected chi connectivity index (χ1v) is 10.3. The highest BCUT2D eigenvalue weighted by Crippen LogP contribution is 2.21. The van der Waals surface area contributed by atoms with Crippen LogP contribution in [0.2, 0.25) is 0 Å². The summed E-state index contributed by atoms with van der Waals surface area (Å²) < 4.78 is 0. The summed E-state index contributed by atoms with van der Waals surface area (Å²) in [5.41, 5.74) is 4.42. The maximum atomic E-state index is 12.5. The number of amides is 2. The van der Waals surface area contributed by atoms with E-state index in [1.54, 1.807) is 29.7 Å². The van der Waals surface area contributed by atoms with Gasteiger partial charge in [-0.3, -0.25) is 9.59 Å². The van der Waals surface area contributed by atoms with Crippen LogP contribution >= 0.6 is 11.3 Å². The molecule has 1 saturated heterocycles. The van der Waals surface area contributed by atoms with Gasteiger partial charge in [-0.1, -0.05) is 11.6 Å². The van der Waals surface area contributed by atoms with E-state index in [-0.39, 0.29) is 18.4 Å². The van der Waals surface area contributed by atoms with Gasteiger partial charge in [0.1, 0.15) is 5.82 Å². The predicted molar refractivity (Wildman–Crippen MR) is 112 cm³/mol. The number of hydrogen-bond donors (Lipinski definition) is 2. The van der Waals surface area contributed by atoms with E-state index in [2.05, 4.69) is 38.5 Å². The number of pyridine rings is 1. The number of carbonyl (C=O) groups excluding carboxylic acids is 2. The van der Waals surface area contributed by atoms with Crippen LogP contribution < -0.4 is 10.6 Å². The number of thiophene rings is 1. The van der Waals surface area contributed by atoms with Crippen LogP contribution in [0.25, 0.3) is 12.2 Å². The van der Waals surface area contributed by atoms with E-state index >= 15 is 0 Å². The lowest BCUT2D eigenvalue weighted by atomic mass is 10.0. The Morgan fingerprint density at radius 1 is 1.21 bits per heavy atom. The Morgan fingerprint density at radius 3 is 2.86 bits per heavy atom. The number of rotatable bonds is 3. The molecule has 2 aliphatic heterocycles. The number of aromatic nitrogens is 1. The van der Waals surface area contributed by atoms with E-state index in [9.17, 15) is 9.59 Å². The van der Waals surface area contributed by atoms with Crippen molar-refractivity contribution in [3.8, 4) is 0 Å². The van der Waals surface area contributed by atoms with E-state index < -0.39 is 0 Å². The molecule has 2 aliphatic rings. The average Bonchev–Trinajstić information content (AvgIpc) is 3.14. The molecule has 0 aromatic carbocycles. The molecule has 4 heterocycles. The first kappa shape index (κ1) is 18.6. The first-order chi connectivity index (χ1) is 13.7. The summed E-state index contributed by atoms with van der Waals surface area (Å²) in [5.74, 6) is 0.512. The summed E-state index contributed by atoms with van der Waals surface area (Å²) in [6, 6.07) is 4.07. The van der Waals surface area contributed by atoms with Gasteiger partial charge < -0.3 is 15.5 Å². The van der Waals surface area contributed by atoms with Gasteiger partial charge in [-0.25, -0.2) is 4.98 Å². The van der Waals surface area contributed by atoms with Gasteiger partial charge in [0.05, 0.1) is 6.54 Å². The molecule has 0 bridgehead atoms. The summed E-state index contributed by atoms with van der Waals surface area (Å²) in [5, 5.41) is 10.1. The highest BCUT2D eigenvalue weighted by atomic mass is 32.1. The first-order valence-electron chi connectivity index (χ1n) is 9.35. The standard InChI is InChI=1S/C21H22N4O2S/c26-19-13-22-12-18-10-16(11-23-21(18)24-19)1-2-20(27)25-6-3-15(4-7-25)9-17-5-8-28-14-17/h1-2,5,8-11,14,22H,3-4,6-7,12-13H2,(H,23,24,26). The van der Waals surface area contributed by atoms with Gasteiger partial charge in [-0.15, -0.1) is 0 Å². The highest BCUT2D eigenvalue weighted by molar-refractivity contribution is 7.08. The van der Waals surface area contributed by atoms with Crippen molar-refractivity contribution in [2.24, 2.45) is 0 Å². The number of carbonyl (C=O) groups is 2. The molecular weight excluding hydrogens is 372 g/mol. The maximum absolute atomic E-state index is 12.5. The summed E-state index contributed by atoms with van der Waals surface area (Å²) in [6.45, 7) is 2.34. The molecule has 0 radical (unpaired) electrons. The quantitative estimate of drug-likeness (QED) is 0.785. The fourth-order valence-electron chi connectivity index (χ4n) is 3.38. The fourth-order valence-corrected chi connectivity index (χ4v) is 4.00. The third kappa shape index (κ3) is 4.55. The Bertz CT molecular complexity index is 924. The molecular formula is C21H22N4O2S. The van der Waals surface area contributed by atoms with Crippen molar-refractivity contribution in [1.29, 1.82) is 0 Å². The molecule has 2 amide bonds. The van der Waals surface area contributed by atoms with E-state index in [4.69, 9.17) is 0 Å². The van der Waals surface area contributed by atoms with Gasteiger partial charge >= 0.3 is 0 Å². The lowest BCUT2D eigenvalue weighted by Crippen LogP contribution is -2.35. The van der Waals surface area contributed by atoms with Crippen molar-refractivity contribution in [3.63, 3.8) is 0 Å². The molecule has 1 fully saturated rings. The number of piperidine rings is 1. The van der Waals surface area contributed by atoms with Crippen molar-refractivity contribution in [2.45, 2.75) is 19.4 Å². The Balaban J connectivity index is 1.36. The van der Waals surface area contributed by atoms with Gasteiger partial charge in [0.25, 0.3) is 0 Å². The molecule has 2 aromatic rings. The minimum atomic E-state index is -0.0952. The molecule has 28 heavy (non-hydrogen) atoms. The number of nitrogens with zero attached hydrogens (tertiary/aromatic N) is 2. The highest BCUT2D eigenvalue weighted by Gasteiger charge is 2.17. The number of fused-ring (bicyclic) bond motifs is 1. The Labute approximate surface area is 168 Å². The van der Waals surface area contributed by atoms with Gasteiger partial charge in [0.2, 0.25) is 11.8 Å². The Hall–Kier alpha value is -2.77. The van der Waals surface area contributed by atoms with Gasteiger partial charge in [0, 0.05) is 37.5 Å². The molecule has 144 valence electrons. The second-order valence-electron chi connectivity index (χ2n) is 6.95. The summed E-state index contributed by atoms with van der Waals surface area (Å²) >= 11 is 1.70. The van der Waals surface area contributed by atoms with Gasteiger partial charge in [0.15, 0.2) is 0 Å². The molecule has 0 spiro atoms. The van der Waals surface area contributed by atoms with Crippen LogP contribution in [0.1, 0.15) is 29.5 Å². The second kappa shape index (κ2) is 8.50. The maximum Gasteiger partial charge on any atom is 0.246 e. The van der Waals surface area contributed by atoms with E-state index in [0.29, 0.717) is 12.4 Å². The molecule has 7 heteroatoms. The van der Waals surface area contributed by atoms with Crippen molar-refractivity contribution in [3.05, 3.63) is 57.4 Å². The van der Waals surface area contributed by atoms with Crippen molar-refractivity contribution < 1.29 is 9.59 Å². The summed E-state index contributed by atoms with van der Waals surface area (Å²) in [4.78, 5) is 30.3. The largest absolute Gasteiger partial charge is 0.339 e. The lowest BCUT2D eigenvalue weighted by molar-refractivity contribution is -0.126. The topological polar surface area (TPSA) is 74.3 Å². The van der Waals surface area contributed by atoms with Crippen molar-refractivity contribution in [2.75, 3.05) is 25.0 Å². The van der Waals surface area contributed by atoms with Gasteiger partial charge in [-0.2, -0.15) is 11.3 Å². The minimum absolute atomic E-state index is 0.0240. The van der Waals surface area contributed by atoms with Crippen LogP contribution in [-0.4, -0.2) is 41.3 Å². The average molecular weight is 395 g/mol. The predicted octanol–water partition coefficient (Wildman–Crippen LogP) is 2.90. The zero-order valence-corrected chi connectivity index (χ0v) is 16.3. The molecule has 6 nitrogen and oxygen atoms in total. The summed E-state index contributed by atoms with van der Waals surface area (Å²) in [7, 11) is 0. The van der Waals surface area contributed by atoms with Gasteiger partial charge in [-0.05, 0) is 52.9 Å². The summed E-state index contributed by atoms with van der Waals surface area (Å²) in [6.07, 6.45) is 9.15. The monoisotopic (exact) mass is 394 g/mol. The van der Waals surface area contributed by atoms with Crippen LogP contribution in [0.4, 0.5) is 5.82 Å². The number of nitrogens with one attached hydrogen (secondary N) is 2. The van der Waals surface area contributed by atoms with Crippen LogP contribution in [0.15, 0.2) is 40.7 Å². The normalized spacial score (nSPS) is 17.2. The third-order valence-electron chi connectivity index (χ3n) is 4.90.